The van der Waals surface area contributed by atoms with E-state index in [0.717, 1.165) is 12.8 Å². The number of rotatable bonds is 5. The molecule has 0 spiro atoms. The molecular formula is C9H11ClN4O3S. The SMILES string of the molecule is CCCc1noc(Cn2cc(S(=O)(=O)Cl)cn2)n1. The Hall–Kier alpha value is -1.41. The fourth-order valence-electron chi connectivity index (χ4n) is 1.38. The van der Waals surface area contributed by atoms with Crippen LogP contribution >= 0.6 is 10.7 Å². The van der Waals surface area contributed by atoms with E-state index in [1.165, 1.54) is 17.1 Å². The monoisotopic (exact) mass is 290 g/mol. The summed E-state index contributed by atoms with van der Waals surface area (Å²) in [5, 5.41) is 7.64. The zero-order chi connectivity index (χ0) is 13.2. The Labute approximate surface area is 108 Å². The lowest BCUT2D eigenvalue weighted by molar-refractivity contribution is 0.361. The third kappa shape index (κ3) is 3.08. The molecule has 18 heavy (non-hydrogen) atoms. The van der Waals surface area contributed by atoms with Crippen LogP contribution in [0, 0.1) is 0 Å². The lowest BCUT2D eigenvalue weighted by atomic mass is 10.3. The van der Waals surface area contributed by atoms with Crippen molar-refractivity contribution in [1.82, 2.24) is 19.9 Å². The Morgan fingerprint density at radius 1 is 1.50 bits per heavy atom. The maximum atomic E-state index is 11.0. The minimum absolute atomic E-state index is 0.0579. The van der Waals surface area contributed by atoms with Gasteiger partial charge in [0.15, 0.2) is 5.82 Å². The Kier molecular flexibility index (Phi) is 3.67. The summed E-state index contributed by atoms with van der Waals surface area (Å²) in [6.45, 7) is 2.23. The predicted octanol–water partition coefficient (Wildman–Crippen LogP) is 1.19. The molecule has 2 rings (SSSR count). The van der Waals surface area contributed by atoms with Crippen LogP contribution in [0.15, 0.2) is 21.8 Å². The van der Waals surface area contributed by atoms with Crippen LogP contribution in [0.1, 0.15) is 25.1 Å². The predicted molar refractivity (Wildman–Crippen MR) is 62.7 cm³/mol. The molecule has 0 unspecified atom stereocenters. The van der Waals surface area contributed by atoms with E-state index in [0.29, 0.717) is 11.7 Å². The number of nitrogens with zero attached hydrogens (tertiary/aromatic N) is 4. The first-order chi connectivity index (χ1) is 8.49. The smallest absolute Gasteiger partial charge is 0.264 e. The van der Waals surface area contributed by atoms with Gasteiger partial charge in [0.25, 0.3) is 9.05 Å². The molecule has 0 bridgehead atoms. The van der Waals surface area contributed by atoms with Gasteiger partial charge in [-0.05, 0) is 6.42 Å². The van der Waals surface area contributed by atoms with Crippen molar-refractivity contribution in [2.24, 2.45) is 0 Å². The van der Waals surface area contributed by atoms with Crippen LogP contribution in [0.2, 0.25) is 0 Å². The van der Waals surface area contributed by atoms with Gasteiger partial charge in [-0.15, -0.1) is 0 Å². The minimum atomic E-state index is -3.76. The van der Waals surface area contributed by atoms with Crippen LogP contribution in [0.5, 0.6) is 0 Å². The molecule has 0 aliphatic rings. The van der Waals surface area contributed by atoms with Crippen molar-refractivity contribution in [1.29, 1.82) is 0 Å². The van der Waals surface area contributed by atoms with E-state index >= 15 is 0 Å². The zero-order valence-electron chi connectivity index (χ0n) is 9.58. The Morgan fingerprint density at radius 3 is 2.89 bits per heavy atom. The van der Waals surface area contributed by atoms with Gasteiger partial charge in [0.1, 0.15) is 11.4 Å². The number of hydrogen-bond donors (Lipinski definition) is 0. The molecule has 0 aliphatic carbocycles. The van der Waals surface area contributed by atoms with Gasteiger partial charge in [0, 0.05) is 23.3 Å². The number of aryl methyl sites for hydroxylation is 1. The summed E-state index contributed by atoms with van der Waals surface area (Å²) < 4.78 is 28.5. The molecule has 7 nitrogen and oxygen atoms in total. The molecule has 0 saturated carbocycles. The first-order valence-electron chi connectivity index (χ1n) is 5.27. The molecule has 2 heterocycles. The molecule has 0 amide bonds. The molecular weight excluding hydrogens is 280 g/mol. The maximum absolute atomic E-state index is 11.0. The van der Waals surface area contributed by atoms with Gasteiger partial charge in [-0.1, -0.05) is 12.1 Å². The van der Waals surface area contributed by atoms with E-state index < -0.39 is 9.05 Å². The fraction of sp³-hybridized carbons (Fsp3) is 0.444. The minimum Gasteiger partial charge on any atom is -0.337 e. The van der Waals surface area contributed by atoms with Crippen LogP contribution in [-0.2, 0) is 22.0 Å². The second-order valence-corrected chi connectivity index (χ2v) is 6.23. The van der Waals surface area contributed by atoms with Gasteiger partial charge in [0.05, 0.1) is 6.20 Å². The summed E-state index contributed by atoms with van der Waals surface area (Å²) in [5.41, 5.74) is 0. The van der Waals surface area contributed by atoms with Crippen molar-refractivity contribution in [3.8, 4) is 0 Å². The largest absolute Gasteiger partial charge is 0.337 e. The van der Waals surface area contributed by atoms with Gasteiger partial charge >= 0.3 is 0 Å². The van der Waals surface area contributed by atoms with Crippen molar-refractivity contribution in [3.05, 3.63) is 24.1 Å². The average Bonchev–Trinajstić information content (AvgIpc) is 2.88. The summed E-state index contributed by atoms with van der Waals surface area (Å²) >= 11 is 0. The standard InChI is InChI=1S/C9H11ClN4O3S/c1-2-3-8-12-9(17-13-8)6-14-5-7(4-11-14)18(10,15)16/h4-5H,2-3,6H2,1H3. The highest BCUT2D eigenvalue weighted by atomic mass is 35.7. The highest BCUT2D eigenvalue weighted by Gasteiger charge is 2.14. The van der Waals surface area contributed by atoms with Gasteiger partial charge in [-0.25, -0.2) is 8.42 Å². The first kappa shape index (κ1) is 13.0. The van der Waals surface area contributed by atoms with Gasteiger partial charge in [0.2, 0.25) is 5.89 Å². The summed E-state index contributed by atoms with van der Waals surface area (Å²) in [6.07, 6.45) is 4.15. The molecule has 9 heteroatoms. The fourth-order valence-corrected chi connectivity index (χ4v) is 2.03. The third-order valence-electron chi connectivity index (χ3n) is 2.17. The summed E-state index contributed by atoms with van der Waals surface area (Å²) in [5.74, 6) is 1.00. The third-order valence-corrected chi connectivity index (χ3v) is 3.48. The summed E-state index contributed by atoms with van der Waals surface area (Å²) in [4.78, 5) is 4.09. The van der Waals surface area contributed by atoms with E-state index in [1.54, 1.807) is 0 Å². The van der Waals surface area contributed by atoms with Gasteiger partial charge in [-0.3, -0.25) is 4.68 Å². The quantitative estimate of drug-likeness (QED) is 0.768. The average molecular weight is 291 g/mol. The van der Waals surface area contributed by atoms with Crippen molar-refractivity contribution in [2.75, 3.05) is 0 Å². The van der Waals surface area contributed by atoms with Crippen molar-refractivity contribution in [3.63, 3.8) is 0 Å². The maximum Gasteiger partial charge on any atom is 0.264 e. The molecule has 2 aromatic heterocycles. The molecule has 0 N–H and O–H groups in total. The normalized spacial score (nSPS) is 11.9. The zero-order valence-corrected chi connectivity index (χ0v) is 11.1. The molecule has 98 valence electrons. The Bertz CT molecular complexity index is 634. The van der Waals surface area contributed by atoms with Crippen molar-refractivity contribution >= 4 is 19.7 Å². The van der Waals surface area contributed by atoms with Crippen LogP contribution < -0.4 is 0 Å². The van der Waals surface area contributed by atoms with Gasteiger partial charge in [-0.2, -0.15) is 10.1 Å². The second-order valence-electron chi connectivity index (χ2n) is 3.67. The van der Waals surface area contributed by atoms with Gasteiger partial charge < -0.3 is 4.52 Å². The van der Waals surface area contributed by atoms with E-state index in [4.69, 9.17) is 15.2 Å². The van der Waals surface area contributed by atoms with Crippen LogP contribution in [0.25, 0.3) is 0 Å². The van der Waals surface area contributed by atoms with E-state index in [2.05, 4.69) is 15.2 Å². The van der Waals surface area contributed by atoms with E-state index in [1.807, 2.05) is 6.92 Å². The lowest BCUT2D eigenvalue weighted by Gasteiger charge is -1.93. The highest BCUT2D eigenvalue weighted by molar-refractivity contribution is 8.13. The van der Waals surface area contributed by atoms with E-state index in [9.17, 15) is 8.42 Å². The Balaban J connectivity index is 2.11. The van der Waals surface area contributed by atoms with Crippen LogP contribution in [0.3, 0.4) is 0 Å². The summed E-state index contributed by atoms with van der Waals surface area (Å²) in [6, 6.07) is 0. The second kappa shape index (κ2) is 5.07. The molecule has 0 fully saturated rings. The number of hydrogen-bond acceptors (Lipinski definition) is 6. The molecule has 0 aliphatic heterocycles. The molecule has 0 radical (unpaired) electrons. The number of halogens is 1. The number of aromatic nitrogens is 4. The summed E-state index contributed by atoms with van der Waals surface area (Å²) in [7, 11) is 1.43. The molecule has 0 aromatic carbocycles. The highest BCUT2D eigenvalue weighted by Crippen LogP contribution is 2.13. The molecule has 0 saturated heterocycles. The Morgan fingerprint density at radius 2 is 2.28 bits per heavy atom. The lowest BCUT2D eigenvalue weighted by Crippen LogP contribution is -2.00. The van der Waals surface area contributed by atoms with Crippen LogP contribution in [0.4, 0.5) is 0 Å². The molecule has 2 aromatic rings. The van der Waals surface area contributed by atoms with Crippen molar-refractivity contribution < 1.29 is 12.9 Å². The van der Waals surface area contributed by atoms with E-state index in [-0.39, 0.29) is 11.4 Å². The van der Waals surface area contributed by atoms with Crippen molar-refractivity contribution in [2.45, 2.75) is 31.2 Å². The first-order valence-corrected chi connectivity index (χ1v) is 7.58. The topological polar surface area (TPSA) is 90.9 Å². The molecule has 0 atom stereocenters. The van der Waals surface area contributed by atoms with Crippen LogP contribution in [-0.4, -0.2) is 28.3 Å².